The highest BCUT2D eigenvalue weighted by Crippen LogP contribution is 2.29. The summed E-state index contributed by atoms with van der Waals surface area (Å²) in [6, 6.07) is 13.8. The Labute approximate surface area is 377 Å². The number of urea groups is 1. The predicted octanol–water partition coefficient (Wildman–Crippen LogP) is 6.23. The molecule has 340 valence electrons. The van der Waals surface area contributed by atoms with Crippen molar-refractivity contribution >= 4 is 52.2 Å². The number of benzene rings is 2. The molecule has 5 amide bonds. The molecule has 4 aromatic rings. The lowest BCUT2D eigenvalue weighted by atomic mass is 9.85. The van der Waals surface area contributed by atoms with Crippen LogP contribution in [0.1, 0.15) is 87.5 Å². The zero-order valence-electron chi connectivity index (χ0n) is 38.0. The van der Waals surface area contributed by atoms with E-state index in [-0.39, 0.29) is 41.9 Å². The van der Waals surface area contributed by atoms with E-state index in [2.05, 4.69) is 37.6 Å². The molecule has 0 bridgehead atoms. The van der Waals surface area contributed by atoms with Crippen LogP contribution in [-0.4, -0.2) is 124 Å². The van der Waals surface area contributed by atoms with Gasteiger partial charge in [-0.15, -0.1) is 0 Å². The first-order valence-corrected chi connectivity index (χ1v) is 23.3. The first-order valence-electron chi connectivity index (χ1n) is 23.3. The minimum atomic E-state index is -0.987. The van der Waals surface area contributed by atoms with Gasteiger partial charge in [0.2, 0.25) is 17.7 Å². The Balaban J connectivity index is 1.08. The molecule has 64 heavy (non-hydrogen) atoms. The number of hydrogen-bond acceptors (Lipinski definition) is 8. The third-order valence-electron chi connectivity index (χ3n) is 13.5. The molecule has 14 heteroatoms. The Bertz CT molecular complexity index is 2290. The molecule has 2 atom stereocenters. The zero-order chi connectivity index (χ0) is 45.2. The van der Waals surface area contributed by atoms with Gasteiger partial charge in [-0.1, -0.05) is 43.7 Å². The van der Waals surface area contributed by atoms with Crippen molar-refractivity contribution in [3.05, 3.63) is 94.9 Å². The summed E-state index contributed by atoms with van der Waals surface area (Å²) >= 11 is 0. The van der Waals surface area contributed by atoms with Crippen molar-refractivity contribution in [2.45, 2.75) is 97.6 Å². The molecule has 2 unspecified atom stereocenters. The molecule has 3 N–H and O–H groups in total. The number of Topliss-reactive ketones (excluding diaryl/α,β-unsaturated/α-hetero) is 1. The lowest BCUT2D eigenvalue weighted by Crippen LogP contribution is -2.59. The largest absolute Gasteiger partial charge is 0.368 e. The molecule has 2 aromatic carbocycles. The van der Waals surface area contributed by atoms with Crippen LogP contribution in [0.25, 0.3) is 17.0 Å². The fraction of sp³-hybridized carbons (Fsp3) is 0.500. The van der Waals surface area contributed by atoms with Crippen LogP contribution in [0.4, 0.5) is 10.5 Å². The van der Waals surface area contributed by atoms with Gasteiger partial charge in [0.25, 0.3) is 0 Å². The van der Waals surface area contributed by atoms with Gasteiger partial charge in [-0.3, -0.25) is 29.3 Å². The third kappa shape index (κ3) is 11.5. The molecule has 14 nitrogen and oxygen atoms in total. The van der Waals surface area contributed by atoms with E-state index in [0.717, 1.165) is 70.1 Å². The molecule has 3 aliphatic heterocycles. The van der Waals surface area contributed by atoms with E-state index in [0.29, 0.717) is 78.0 Å². The maximum Gasteiger partial charge on any atom is 0.318 e. The number of carbonyl (C=O) groups excluding carboxylic acids is 5. The fourth-order valence-electron chi connectivity index (χ4n) is 9.62. The average Bonchev–Trinajstić information content (AvgIpc) is 3.80. The monoisotopic (exact) mass is 872 g/mol. The Hall–Kier alpha value is -6.05. The molecule has 3 aliphatic rings. The number of amides is 5. The number of piperazine rings is 1. The van der Waals surface area contributed by atoms with Crippen molar-refractivity contribution in [1.82, 2.24) is 40.5 Å². The first kappa shape index (κ1) is 46.0. The smallest absolute Gasteiger partial charge is 0.318 e. The van der Waals surface area contributed by atoms with Gasteiger partial charge in [-0.2, -0.15) is 5.10 Å². The van der Waals surface area contributed by atoms with Crippen LogP contribution in [0.5, 0.6) is 0 Å². The van der Waals surface area contributed by atoms with Crippen molar-refractivity contribution < 1.29 is 24.0 Å². The number of piperidine rings is 2. The number of nitrogens with one attached hydrogen (secondary N) is 3. The SMILES string of the molecule is CCCCC(=O)N1CCC(CC(NC(=O)C(Cc2cc(C)c3[nH]ncc3c2)NC(=O)N2CCC(/C(=C/c3ccccc3C)C(C)=O)CC2)C(=O)N2CCN(c3ccncc3)CC2)CC1. The number of hydrogen-bond donors (Lipinski definition) is 3. The summed E-state index contributed by atoms with van der Waals surface area (Å²) in [6.45, 7) is 12.1. The van der Waals surface area contributed by atoms with Crippen LogP contribution < -0.4 is 15.5 Å². The standard InChI is InChI=1S/C50H65N9O5/c1-5-6-11-46(61)57-20-14-37(15-21-57)30-45(49(63)58-26-24-56(25-27-58)42-12-18-51-19-13-42)53-48(62)44(31-38-28-35(3)47-41(29-38)33-52-55-47)54-50(64)59-22-16-39(17-23-59)43(36(4)60)32-40-10-8-7-9-34(40)2/h7-10,12-13,18-19,28-29,32-33,37,39,44-45H,5-6,11,14-17,20-27,30-31H2,1-4H3,(H,52,55)(H,53,62)(H,54,64)/b43-32+. The molecule has 0 aliphatic carbocycles. The highest BCUT2D eigenvalue weighted by atomic mass is 16.2. The molecular formula is C50H65N9O5. The summed E-state index contributed by atoms with van der Waals surface area (Å²) in [5.74, 6) is -0.218. The van der Waals surface area contributed by atoms with Gasteiger partial charge in [-0.25, -0.2) is 4.79 Å². The highest BCUT2D eigenvalue weighted by Gasteiger charge is 2.36. The van der Waals surface area contributed by atoms with Gasteiger partial charge in [0.15, 0.2) is 5.78 Å². The molecule has 3 fully saturated rings. The first-order chi connectivity index (χ1) is 31.0. The molecule has 5 heterocycles. The summed E-state index contributed by atoms with van der Waals surface area (Å²) in [5, 5.41) is 14.4. The Kier molecular flexibility index (Phi) is 15.5. The maximum atomic E-state index is 14.8. The van der Waals surface area contributed by atoms with Crippen LogP contribution in [0.3, 0.4) is 0 Å². The van der Waals surface area contributed by atoms with E-state index >= 15 is 0 Å². The average molecular weight is 872 g/mol. The van der Waals surface area contributed by atoms with Crippen LogP contribution in [-0.2, 0) is 25.6 Å². The molecule has 2 aromatic heterocycles. The number of H-pyrrole nitrogens is 1. The van der Waals surface area contributed by atoms with E-state index in [1.165, 1.54) is 0 Å². The number of pyridine rings is 1. The van der Waals surface area contributed by atoms with Gasteiger partial charge in [0, 0.05) is 88.7 Å². The van der Waals surface area contributed by atoms with E-state index in [4.69, 9.17) is 0 Å². The quantitative estimate of drug-likeness (QED) is 0.118. The number of anilines is 1. The zero-order valence-corrected chi connectivity index (χ0v) is 38.0. The molecule has 0 saturated carbocycles. The number of carbonyl (C=O) groups is 5. The molecule has 3 saturated heterocycles. The number of allylic oxidation sites excluding steroid dienone is 1. The third-order valence-corrected chi connectivity index (χ3v) is 13.5. The van der Waals surface area contributed by atoms with Gasteiger partial charge in [0.1, 0.15) is 12.1 Å². The summed E-state index contributed by atoms with van der Waals surface area (Å²) in [4.78, 5) is 81.2. The second kappa shape index (κ2) is 21.6. The van der Waals surface area contributed by atoms with Gasteiger partial charge in [-0.05, 0) is 123 Å². The normalized spacial score (nSPS) is 17.6. The van der Waals surface area contributed by atoms with Crippen LogP contribution >= 0.6 is 0 Å². The molecule has 7 rings (SSSR count). The number of rotatable bonds is 15. The van der Waals surface area contributed by atoms with Crippen LogP contribution in [0.15, 0.2) is 72.7 Å². The lowest BCUT2D eigenvalue weighted by Gasteiger charge is -2.39. The number of nitrogens with zero attached hydrogens (tertiary/aromatic N) is 6. The van der Waals surface area contributed by atoms with Gasteiger partial charge >= 0.3 is 6.03 Å². The number of unbranched alkanes of at least 4 members (excludes halogenated alkanes) is 1. The predicted molar refractivity (Wildman–Crippen MR) is 249 cm³/mol. The van der Waals surface area contributed by atoms with Gasteiger partial charge in [0.05, 0.1) is 11.7 Å². The highest BCUT2D eigenvalue weighted by molar-refractivity contribution is 5.98. The minimum absolute atomic E-state index is 0.00424. The number of aromatic amines is 1. The minimum Gasteiger partial charge on any atom is -0.368 e. The van der Waals surface area contributed by atoms with E-state index in [1.54, 1.807) is 30.4 Å². The summed E-state index contributed by atoms with van der Waals surface area (Å²) < 4.78 is 0. The number of aryl methyl sites for hydroxylation is 2. The number of ketones is 1. The maximum absolute atomic E-state index is 14.8. The fourth-order valence-corrected chi connectivity index (χ4v) is 9.62. The Morgan fingerprint density at radius 2 is 1.52 bits per heavy atom. The number of aromatic nitrogens is 3. The van der Waals surface area contributed by atoms with Crippen molar-refractivity contribution in [3.63, 3.8) is 0 Å². The Morgan fingerprint density at radius 1 is 0.812 bits per heavy atom. The van der Waals surface area contributed by atoms with E-state index < -0.39 is 18.0 Å². The Morgan fingerprint density at radius 3 is 2.20 bits per heavy atom. The summed E-state index contributed by atoms with van der Waals surface area (Å²) in [5.41, 5.74) is 6.65. The summed E-state index contributed by atoms with van der Waals surface area (Å²) in [7, 11) is 0. The second-order valence-corrected chi connectivity index (χ2v) is 18.0. The van der Waals surface area contributed by atoms with Crippen molar-refractivity contribution in [1.29, 1.82) is 0 Å². The molecular weight excluding hydrogens is 807 g/mol. The second-order valence-electron chi connectivity index (χ2n) is 18.0. The number of fused-ring (bicyclic) bond motifs is 1. The molecule has 0 spiro atoms. The summed E-state index contributed by atoms with van der Waals surface area (Å²) in [6.07, 6.45) is 13.0. The van der Waals surface area contributed by atoms with Crippen molar-refractivity contribution in [2.24, 2.45) is 11.8 Å². The number of likely N-dealkylation sites (tertiary alicyclic amines) is 2. The molecule has 0 radical (unpaired) electrons. The van der Waals surface area contributed by atoms with Crippen molar-refractivity contribution in [2.75, 3.05) is 57.3 Å². The topological polar surface area (TPSA) is 164 Å². The van der Waals surface area contributed by atoms with E-state index in [1.807, 2.05) is 78.3 Å². The lowest BCUT2D eigenvalue weighted by molar-refractivity contribution is -0.138. The van der Waals surface area contributed by atoms with E-state index in [9.17, 15) is 24.0 Å². The van der Waals surface area contributed by atoms with Crippen LogP contribution in [0, 0.1) is 25.7 Å². The van der Waals surface area contributed by atoms with Gasteiger partial charge < -0.3 is 30.2 Å². The van der Waals surface area contributed by atoms with Crippen LogP contribution in [0.2, 0.25) is 0 Å². The van der Waals surface area contributed by atoms with Crippen molar-refractivity contribution in [3.8, 4) is 0 Å².